The molecular formula is C16H19. The first kappa shape index (κ1) is 12.7. The third-order valence-corrected chi connectivity index (χ3v) is 3.76. The minimum absolute atomic E-state index is 0.145. The molecule has 1 rings (SSSR count). The zero-order chi connectivity index (χ0) is 12.2. The Morgan fingerprint density at radius 1 is 1.31 bits per heavy atom. The van der Waals surface area contributed by atoms with Crippen molar-refractivity contribution in [3.05, 3.63) is 30.2 Å². The van der Waals surface area contributed by atoms with E-state index in [1.54, 1.807) is 6.42 Å². The van der Waals surface area contributed by atoms with Crippen molar-refractivity contribution in [2.75, 3.05) is 0 Å². The molecule has 0 unspecified atom stereocenters. The molecule has 0 amide bonds. The second-order valence-corrected chi connectivity index (χ2v) is 5.21. The molecule has 0 saturated carbocycles. The van der Waals surface area contributed by atoms with Crippen molar-refractivity contribution in [2.45, 2.75) is 34.1 Å². The van der Waals surface area contributed by atoms with Gasteiger partial charge in [-0.05, 0) is 10.8 Å². The summed E-state index contributed by atoms with van der Waals surface area (Å²) in [6, 6.07) is 0. The highest BCUT2D eigenvalue weighted by molar-refractivity contribution is 5.34. The fourth-order valence-electron chi connectivity index (χ4n) is 1.75. The lowest BCUT2D eigenvalue weighted by Crippen LogP contribution is -2.34. The normalized spacial score (nSPS) is 20.3. The van der Waals surface area contributed by atoms with Gasteiger partial charge < -0.3 is 0 Å². The largest absolute Gasteiger partial charge is 0.119 e. The van der Waals surface area contributed by atoms with Crippen LogP contribution in [0.25, 0.3) is 0 Å². The molecule has 0 atom stereocenters. The molecule has 0 aromatic rings. The van der Waals surface area contributed by atoms with Gasteiger partial charge in [0.1, 0.15) is 6.42 Å². The third-order valence-electron chi connectivity index (χ3n) is 3.76. The molecule has 16 heavy (non-hydrogen) atoms. The molecule has 0 N–H and O–H groups in total. The molecule has 1 radical (unpaired) electrons. The summed E-state index contributed by atoms with van der Waals surface area (Å²) < 4.78 is 0. The summed E-state index contributed by atoms with van der Waals surface area (Å²) in [6.45, 7) is 9.07. The monoisotopic (exact) mass is 211 g/mol. The zero-order valence-corrected chi connectivity index (χ0v) is 10.6. The molecule has 1 aliphatic carbocycles. The Morgan fingerprint density at radius 2 is 2.00 bits per heavy atom. The molecule has 0 saturated heterocycles. The average molecular weight is 211 g/mol. The van der Waals surface area contributed by atoms with Gasteiger partial charge in [0, 0.05) is 6.42 Å². The molecular weight excluding hydrogens is 192 g/mol. The van der Waals surface area contributed by atoms with E-state index in [4.69, 9.17) is 6.42 Å². The van der Waals surface area contributed by atoms with Gasteiger partial charge in [-0.15, -0.1) is 6.42 Å². The van der Waals surface area contributed by atoms with Crippen molar-refractivity contribution < 1.29 is 0 Å². The minimum atomic E-state index is 0.145. The van der Waals surface area contributed by atoms with Crippen LogP contribution < -0.4 is 0 Å². The minimum Gasteiger partial charge on any atom is -0.119 e. The highest BCUT2D eigenvalue weighted by Gasteiger charge is 2.38. The van der Waals surface area contributed by atoms with Crippen molar-refractivity contribution in [3.63, 3.8) is 0 Å². The highest BCUT2D eigenvalue weighted by atomic mass is 14.4. The van der Waals surface area contributed by atoms with Crippen LogP contribution in [0.2, 0.25) is 0 Å². The fourth-order valence-corrected chi connectivity index (χ4v) is 1.75. The van der Waals surface area contributed by atoms with E-state index < -0.39 is 0 Å². The lowest BCUT2D eigenvalue weighted by atomic mass is 9.61. The highest BCUT2D eigenvalue weighted by Crippen LogP contribution is 2.48. The van der Waals surface area contributed by atoms with Crippen LogP contribution in [0, 0.1) is 41.4 Å². The number of rotatable bonds is 1. The number of hydrogen-bond donors (Lipinski definition) is 0. The SMILES string of the molecule is C#C[CH]C#CCC1=CC=CC(C)(C)C1(C)C. The van der Waals surface area contributed by atoms with E-state index in [9.17, 15) is 0 Å². The van der Waals surface area contributed by atoms with Crippen molar-refractivity contribution in [3.8, 4) is 24.2 Å². The second kappa shape index (κ2) is 4.63. The first-order valence-corrected chi connectivity index (χ1v) is 5.57. The van der Waals surface area contributed by atoms with Gasteiger partial charge in [-0.2, -0.15) is 0 Å². The predicted octanol–water partition coefficient (Wildman–Crippen LogP) is 3.77. The van der Waals surface area contributed by atoms with Crippen molar-refractivity contribution >= 4 is 0 Å². The molecule has 0 aliphatic heterocycles. The van der Waals surface area contributed by atoms with Crippen molar-refractivity contribution in [1.82, 2.24) is 0 Å². The lowest BCUT2D eigenvalue weighted by Gasteiger charge is -2.43. The Kier molecular flexibility index (Phi) is 3.66. The summed E-state index contributed by atoms with van der Waals surface area (Å²) in [7, 11) is 0. The van der Waals surface area contributed by atoms with Crippen LogP contribution in [0.15, 0.2) is 23.8 Å². The van der Waals surface area contributed by atoms with E-state index in [2.05, 4.69) is 63.7 Å². The first-order valence-electron chi connectivity index (χ1n) is 5.57. The molecule has 0 heterocycles. The quantitative estimate of drug-likeness (QED) is 0.579. The molecule has 0 nitrogen and oxygen atoms in total. The average Bonchev–Trinajstić information content (AvgIpc) is 2.19. The predicted molar refractivity (Wildman–Crippen MR) is 70.3 cm³/mol. The Labute approximate surface area is 99.8 Å². The summed E-state index contributed by atoms with van der Waals surface area (Å²) in [4.78, 5) is 0. The summed E-state index contributed by atoms with van der Waals surface area (Å²) in [6.07, 6.45) is 14.0. The van der Waals surface area contributed by atoms with Crippen molar-refractivity contribution in [2.24, 2.45) is 10.8 Å². The van der Waals surface area contributed by atoms with Crippen molar-refractivity contribution in [1.29, 1.82) is 0 Å². The van der Waals surface area contributed by atoms with Crippen LogP contribution in [-0.4, -0.2) is 0 Å². The second-order valence-electron chi connectivity index (χ2n) is 5.21. The van der Waals surface area contributed by atoms with Crippen LogP contribution in [0.3, 0.4) is 0 Å². The first-order chi connectivity index (χ1) is 7.42. The number of terminal acetylenes is 1. The molecule has 0 bridgehead atoms. The summed E-state index contributed by atoms with van der Waals surface area (Å²) in [5, 5.41) is 0. The fraction of sp³-hybridized carbons (Fsp3) is 0.438. The Morgan fingerprint density at radius 3 is 2.62 bits per heavy atom. The van der Waals surface area contributed by atoms with Gasteiger partial charge in [-0.1, -0.05) is 69.3 Å². The molecule has 1 aliphatic rings. The van der Waals surface area contributed by atoms with E-state index in [-0.39, 0.29) is 10.8 Å². The van der Waals surface area contributed by atoms with Gasteiger partial charge in [-0.3, -0.25) is 0 Å². The van der Waals surface area contributed by atoms with E-state index in [0.717, 1.165) is 6.42 Å². The van der Waals surface area contributed by atoms with Gasteiger partial charge in [-0.25, -0.2) is 0 Å². The summed E-state index contributed by atoms with van der Waals surface area (Å²) >= 11 is 0. The lowest BCUT2D eigenvalue weighted by molar-refractivity contribution is 0.208. The summed E-state index contributed by atoms with van der Waals surface area (Å²) in [5.41, 5.74) is 1.69. The van der Waals surface area contributed by atoms with Crippen LogP contribution in [0.4, 0.5) is 0 Å². The maximum atomic E-state index is 5.11. The Balaban J connectivity index is 2.83. The maximum absolute atomic E-state index is 5.11. The van der Waals surface area contributed by atoms with Crippen LogP contribution in [-0.2, 0) is 0 Å². The van der Waals surface area contributed by atoms with E-state index in [0.29, 0.717) is 0 Å². The Hall–Kier alpha value is -1.40. The van der Waals surface area contributed by atoms with Crippen LogP contribution >= 0.6 is 0 Å². The number of allylic oxidation sites excluding steroid dienone is 4. The standard InChI is InChI=1S/C16H19/c1-6-7-8-9-11-14-12-10-13-15(2,3)16(14,4)5/h1,7,10,12-13H,11H2,2-5H3. The topological polar surface area (TPSA) is 0 Å². The van der Waals surface area contributed by atoms with Gasteiger partial charge in [0.05, 0.1) is 0 Å². The molecule has 0 aromatic heterocycles. The van der Waals surface area contributed by atoms with Gasteiger partial charge in [0.2, 0.25) is 0 Å². The molecule has 0 spiro atoms. The van der Waals surface area contributed by atoms with Gasteiger partial charge in [0.25, 0.3) is 0 Å². The smallest absolute Gasteiger partial charge is 0.106 e. The zero-order valence-electron chi connectivity index (χ0n) is 10.6. The van der Waals surface area contributed by atoms with Crippen LogP contribution in [0.1, 0.15) is 34.1 Å². The van der Waals surface area contributed by atoms with E-state index in [1.165, 1.54) is 5.57 Å². The molecule has 0 heteroatoms. The molecule has 0 aromatic carbocycles. The van der Waals surface area contributed by atoms with Crippen LogP contribution in [0.5, 0.6) is 0 Å². The molecule has 0 fully saturated rings. The third kappa shape index (κ3) is 2.40. The number of hydrogen-bond acceptors (Lipinski definition) is 0. The van der Waals surface area contributed by atoms with Gasteiger partial charge in [0.15, 0.2) is 0 Å². The van der Waals surface area contributed by atoms with E-state index >= 15 is 0 Å². The van der Waals surface area contributed by atoms with Gasteiger partial charge >= 0.3 is 0 Å². The van der Waals surface area contributed by atoms with E-state index in [1.807, 2.05) is 0 Å². The maximum Gasteiger partial charge on any atom is 0.106 e. The Bertz CT molecular complexity index is 411. The summed E-state index contributed by atoms with van der Waals surface area (Å²) in [5.74, 6) is 8.38. The molecule has 83 valence electrons.